The van der Waals surface area contributed by atoms with Crippen LogP contribution in [0.2, 0.25) is 0 Å². The molecule has 39 nitrogen and oxygen atoms in total. The number of aromatic hydroxyl groups is 2. The number of nitrogens with one attached hydrogen (secondary N) is 7. The second-order valence-corrected chi connectivity index (χ2v) is 29.4. The number of carbonyl (C=O) groups excluding carboxylic acids is 11. The first-order chi connectivity index (χ1) is 55.2. The number of nitrogens with two attached hydrogens (primary N) is 1. The molecule has 4 aromatic rings. The van der Waals surface area contributed by atoms with Gasteiger partial charge in [0, 0.05) is 105 Å². The average molecular weight is 1630 g/mol. The number of anilines is 1. The van der Waals surface area contributed by atoms with Gasteiger partial charge < -0.3 is 108 Å². The minimum absolute atomic E-state index is 0.00912. The van der Waals surface area contributed by atoms with Crippen molar-refractivity contribution < 1.29 is 117 Å². The number of hydrogen-bond acceptors (Lipinski definition) is 24. The molecule has 11 atom stereocenters. The van der Waals surface area contributed by atoms with Crippen LogP contribution < -0.4 is 47.7 Å². The summed E-state index contributed by atoms with van der Waals surface area (Å²) < 4.78 is 12.2. The standard InChI is InChI=1S/C76H90N14O25S/c1-39(71(107)88-30-6-4-9-56(88)73(109)89-38-46(115-79-37-41-13-16-43(17-14-41)90(111)112)36-57(89)69(105)83-52(24-27-62(97)98)66(102)82-51(65(77)101)23-26-61(95)96)80-70(106)64(40(2)91)85-68(104)55-11-8-32-87(55)72(108)53(25-28-63(99)100)84-67(103)54-10-7-31-86(54)60(94)12-3-5-29-78-75(116)81-42-15-20-47-50(33-42)76(114-74(47)110)48-21-18-44(92)34-58(48)113-59-35-45(93)19-22-49(59)76/h13-22,33-35,37,39-40,46,51-57,64,91-93H,3-12,23-32,36,38H2,1-2H3,(H2,77,101)(H,80,106)(H,82,102)(H,83,105)(H,84,103)(H,85,104)(H,95,96)(H,97,98)(H,99,100)(H2,78,81,116)/b79-37-/t39-,40+,46+,51-,52-,53-,54-,55-,56?,57-,64-/m0/s1. The van der Waals surface area contributed by atoms with Crippen molar-refractivity contribution in [1.29, 1.82) is 0 Å². The number of carboxylic acids is 3. The van der Waals surface area contributed by atoms with E-state index in [1.54, 1.807) is 30.3 Å². The van der Waals surface area contributed by atoms with E-state index in [4.69, 9.17) is 32.3 Å². The number of ether oxygens (including phenoxy) is 2. The van der Waals surface area contributed by atoms with Crippen LogP contribution >= 0.6 is 12.2 Å². The Balaban J connectivity index is 0.736. The number of benzene rings is 4. The highest BCUT2D eigenvalue weighted by Gasteiger charge is 2.55. The zero-order chi connectivity index (χ0) is 84.0. The molecule has 4 aromatic carbocycles. The van der Waals surface area contributed by atoms with Crippen LogP contribution in [0.3, 0.4) is 0 Å². The molecule has 0 bridgehead atoms. The Kier molecular flexibility index (Phi) is 28.1. The van der Waals surface area contributed by atoms with E-state index in [0.29, 0.717) is 66.6 Å². The van der Waals surface area contributed by atoms with Gasteiger partial charge in [-0.15, -0.1) is 0 Å². The first-order valence-corrected chi connectivity index (χ1v) is 38.2. The van der Waals surface area contributed by atoms with E-state index in [9.17, 15) is 103 Å². The summed E-state index contributed by atoms with van der Waals surface area (Å²) in [4.78, 5) is 211. The van der Waals surface area contributed by atoms with Gasteiger partial charge in [0.25, 0.3) is 5.69 Å². The molecule has 10 rings (SSSR count). The zero-order valence-electron chi connectivity index (χ0n) is 63.1. The predicted octanol–water partition coefficient (Wildman–Crippen LogP) is 1.32. The number of amides is 10. The molecule has 4 fully saturated rings. The van der Waals surface area contributed by atoms with Crippen molar-refractivity contribution in [2.45, 2.75) is 195 Å². The monoisotopic (exact) mass is 1630 g/mol. The van der Waals surface area contributed by atoms with Gasteiger partial charge in [-0.1, -0.05) is 5.16 Å². The first-order valence-electron chi connectivity index (χ1n) is 37.8. The summed E-state index contributed by atoms with van der Waals surface area (Å²) in [6.07, 6.45) is -2.85. The van der Waals surface area contributed by atoms with E-state index >= 15 is 4.79 Å². The fraction of sp³-hybridized carbons (Fsp3) is 0.474. The number of aliphatic hydroxyl groups excluding tert-OH is 1. The Morgan fingerprint density at radius 1 is 0.647 bits per heavy atom. The van der Waals surface area contributed by atoms with Gasteiger partial charge >= 0.3 is 23.9 Å². The number of nitro groups is 1. The van der Waals surface area contributed by atoms with E-state index in [2.05, 4.69) is 42.4 Å². The number of aliphatic carboxylic acids is 3. The number of carbonyl (C=O) groups is 14. The van der Waals surface area contributed by atoms with E-state index in [1.165, 1.54) is 78.4 Å². The van der Waals surface area contributed by atoms with Crippen molar-refractivity contribution in [2.75, 3.05) is 38.0 Å². The van der Waals surface area contributed by atoms with Crippen LogP contribution in [0.25, 0.3) is 0 Å². The molecule has 620 valence electrons. The number of primary amides is 1. The van der Waals surface area contributed by atoms with Gasteiger partial charge in [-0.25, -0.2) is 4.79 Å². The van der Waals surface area contributed by atoms with Crippen molar-refractivity contribution >= 4 is 118 Å². The molecule has 116 heavy (non-hydrogen) atoms. The maximum Gasteiger partial charge on any atom is 0.340 e. The Morgan fingerprint density at radius 2 is 1.22 bits per heavy atom. The second-order valence-electron chi connectivity index (χ2n) is 29.0. The molecule has 0 radical (unpaired) electrons. The van der Waals surface area contributed by atoms with E-state index in [-0.39, 0.29) is 110 Å². The number of likely N-dealkylation sites (tertiary alicyclic amines) is 4. The lowest BCUT2D eigenvalue weighted by molar-refractivity contribution is -0.384. The second kappa shape index (κ2) is 38.0. The number of piperidine rings is 1. The van der Waals surface area contributed by atoms with Crippen LogP contribution in [0, 0.1) is 10.1 Å². The SMILES string of the molecule is C[C@H](NC(=O)[C@@H](NC(=O)[C@@H]1CCCN1C(=O)[C@H](CCC(=O)O)NC(=O)[C@@H]1CCCN1C(=O)CCCCNC(=S)Nc1ccc2c(c1)C1(OC2=O)c2ccc(O)cc2Oc2cc(O)ccc21)[C@@H](C)O)C(=O)N1CCCCC1C(=O)N1C[C@H](O/N=C\c2ccc([N+](=O)[O-])cc2)C[C@H]1C(=O)N[C@@H](CCC(=O)O)C(=O)N[C@@H](CCC(=O)O)C(N)=O. The number of fused-ring (bicyclic) bond motifs is 6. The van der Waals surface area contributed by atoms with E-state index < -0.39 is 193 Å². The quantitative estimate of drug-likeness (QED) is 0.00783. The highest BCUT2D eigenvalue weighted by atomic mass is 32.1. The number of hydrogen-bond donors (Lipinski definition) is 14. The fourth-order valence-corrected chi connectivity index (χ4v) is 15.3. The maximum atomic E-state index is 15.0. The Bertz CT molecular complexity index is 4490. The lowest BCUT2D eigenvalue weighted by Gasteiger charge is -2.39. The van der Waals surface area contributed by atoms with E-state index in [1.807, 2.05) is 0 Å². The molecule has 1 unspecified atom stereocenters. The molecule has 40 heteroatoms. The minimum atomic E-state index is -1.79. The summed E-state index contributed by atoms with van der Waals surface area (Å²) in [6, 6.07) is 5.60. The predicted molar refractivity (Wildman–Crippen MR) is 407 cm³/mol. The van der Waals surface area contributed by atoms with Crippen molar-refractivity contribution in [2.24, 2.45) is 10.9 Å². The van der Waals surface area contributed by atoms with Gasteiger partial charge in [-0.2, -0.15) is 0 Å². The molecular formula is C76H90N14O25S. The molecule has 10 amide bonds. The van der Waals surface area contributed by atoms with Gasteiger partial charge in [0.05, 0.1) is 29.4 Å². The number of phenols is 2. The number of esters is 1. The molecule has 0 saturated carbocycles. The Morgan fingerprint density at radius 3 is 1.84 bits per heavy atom. The third kappa shape index (κ3) is 20.5. The highest BCUT2D eigenvalue weighted by Crippen LogP contribution is 2.57. The van der Waals surface area contributed by atoms with Crippen LogP contribution in [0.1, 0.15) is 156 Å². The lowest BCUT2D eigenvalue weighted by Crippen LogP contribution is -2.62. The lowest BCUT2D eigenvalue weighted by atomic mass is 9.77. The van der Waals surface area contributed by atoms with Gasteiger partial charge in [0.2, 0.25) is 59.1 Å². The molecule has 6 heterocycles. The molecular weight excluding hydrogens is 1540 g/mol. The summed E-state index contributed by atoms with van der Waals surface area (Å²) >= 11 is 5.63. The molecule has 1 spiro atoms. The summed E-state index contributed by atoms with van der Waals surface area (Å²) in [5, 5.41) is 94.2. The van der Waals surface area contributed by atoms with Crippen molar-refractivity contribution in [3.8, 4) is 23.0 Å². The number of nitrogens with zero attached hydrogens (tertiary/aromatic N) is 6. The number of carboxylic acid groups (broad SMARTS) is 3. The van der Waals surface area contributed by atoms with Crippen molar-refractivity contribution in [1.82, 2.24) is 51.5 Å². The summed E-state index contributed by atoms with van der Waals surface area (Å²) in [7, 11) is 0. The smallest absolute Gasteiger partial charge is 0.340 e. The van der Waals surface area contributed by atoms with Gasteiger partial charge in [-0.05, 0) is 163 Å². The molecule has 6 aliphatic rings. The van der Waals surface area contributed by atoms with Crippen LogP contribution in [-0.4, -0.2) is 249 Å². The number of unbranched alkanes of at least 4 members (excludes halogenated alkanes) is 1. The third-order valence-electron chi connectivity index (χ3n) is 20.9. The minimum Gasteiger partial charge on any atom is -0.508 e. The fourth-order valence-electron chi connectivity index (χ4n) is 15.1. The number of phenolic OH excluding ortho intramolecular Hbond substituents is 2. The van der Waals surface area contributed by atoms with Gasteiger partial charge in [-0.3, -0.25) is 72.4 Å². The number of non-ortho nitro benzene ring substituents is 1. The average Bonchev–Trinajstić information content (AvgIpc) is 1.49. The van der Waals surface area contributed by atoms with E-state index in [0.717, 1.165) is 9.80 Å². The van der Waals surface area contributed by atoms with Crippen molar-refractivity contribution in [3.05, 3.63) is 117 Å². The molecule has 4 saturated heterocycles. The molecule has 15 N–H and O–H groups in total. The first kappa shape index (κ1) is 85.8. The number of nitro benzene ring substituents is 1. The summed E-state index contributed by atoms with van der Waals surface area (Å²) in [6.45, 7) is 2.44. The van der Waals surface area contributed by atoms with Crippen molar-refractivity contribution in [3.63, 3.8) is 0 Å². The highest BCUT2D eigenvalue weighted by molar-refractivity contribution is 7.80. The largest absolute Gasteiger partial charge is 0.508 e. The topological polar surface area (TPSA) is 567 Å². The van der Waals surface area contributed by atoms with Gasteiger partial charge in [0.1, 0.15) is 83.5 Å². The molecule has 0 aromatic heterocycles. The molecule has 6 aliphatic heterocycles. The van der Waals surface area contributed by atoms with Gasteiger partial charge in [0.15, 0.2) is 10.7 Å². The van der Waals surface area contributed by atoms with Crippen LogP contribution in [0.4, 0.5) is 11.4 Å². The third-order valence-corrected chi connectivity index (χ3v) is 21.2. The number of thiocarbonyl (C=S) groups is 1. The zero-order valence-corrected chi connectivity index (χ0v) is 63.9. The Hall–Kier alpha value is -12.6. The maximum absolute atomic E-state index is 15.0. The Labute approximate surface area is 667 Å². The number of aliphatic hydroxyl groups is 1. The number of oxime groups is 1. The molecule has 0 aliphatic carbocycles. The number of rotatable bonds is 34. The normalized spacial score (nSPS) is 19.9. The summed E-state index contributed by atoms with van der Waals surface area (Å²) in [5.41, 5.74) is 6.10. The van der Waals surface area contributed by atoms with Crippen LogP contribution in [0.5, 0.6) is 23.0 Å². The van der Waals surface area contributed by atoms with Crippen LogP contribution in [-0.2, 0) is 77.5 Å². The van der Waals surface area contributed by atoms with Crippen LogP contribution in [0.15, 0.2) is 84.0 Å². The summed E-state index contributed by atoms with van der Waals surface area (Å²) in [5.74, 6) is -13.4.